The second-order valence-corrected chi connectivity index (χ2v) is 20.4. The van der Waals surface area contributed by atoms with Crippen LogP contribution in [-0.2, 0) is 65.5 Å². The number of primary amides is 1. The minimum absolute atomic E-state index is 0.0686. The molecular formula is C53H77N9O14. The van der Waals surface area contributed by atoms with E-state index in [-0.39, 0.29) is 62.4 Å². The number of nitrogens with zero attached hydrogens (tertiary/aromatic N) is 2. The summed E-state index contributed by atoms with van der Waals surface area (Å²) in [6.07, 6.45) is -3.87. The molecule has 2 aromatic rings. The maximum Gasteiger partial charge on any atom is 0.329 e. The molecule has 0 saturated carbocycles. The van der Waals surface area contributed by atoms with Gasteiger partial charge in [-0.1, -0.05) is 78.6 Å². The molecule has 76 heavy (non-hydrogen) atoms. The SMILES string of the molecule is CC[C@@H](C)[C@@H]1C(=O)N(C)[C@@H](Cc2ccc(O)cc2)C(=O)N[C@@H]([C@@H](C)CC)C(=O)O[C@H](C)[C@@H](NC(=O)[C@H](CCC(N)=O)NC(=O)[C@@H](CC(C)C)NC(C)=O)C(=O)N[C@H](Cc2ccc(O)cc2)C(=O)N[C@H]2CC[C@@H](O)N1C2=O. The van der Waals surface area contributed by atoms with Crippen LogP contribution in [-0.4, -0.2) is 152 Å². The van der Waals surface area contributed by atoms with Crippen LogP contribution >= 0.6 is 0 Å². The number of nitrogens with one attached hydrogen (secondary N) is 6. The van der Waals surface area contributed by atoms with Crippen molar-refractivity contribution < 1.29 is 68.0 Å². The summed E-state index contributed by atoms with van der Waals surface area (Å²) >= 11 is 0. The second kappa shape index (κ2) is 28.0. The van der Waals surface area contributed by atoms with E-state index in [2.05, 4.69) is 31.9 Å². The summed E-state index contributed by atoms with van der Waals surface area (Å²) in [5.74, 6) is -10.4. The molecule has 2 heterocycles. The predicted octanol–water partition coefficient (Wildman–Crippen LogP) is 0.297. The number of aliphatic hydroxyl groups excluding tert-OH is 1. The van der Waals surface area contributed by atoms with E-state index in [4.69, 9.17) is 10.5 Å². The number of benzene rings is 2. The molecule has 0 spiro atoms. The van der Waals surface area contributed by atoms with Crippen LogP contribution in [0.4, 0.5) is 0 Å². The van der Waals surface area contributed by atoms with E-state index in [0.717, 1.165) is 9.80 Å². The Kier molecular flexibility index (Phi) is 22.6. The summed E-state index contributed by atoms with van der Waals surface area (Å²) in [5.41, 5.74) is 6.37. The highest BCUT2D eigenvalue weighted by molar-refractivity contribution is 5.99. The second-order valence-electron chi connectivity index (χ2n) is 20.4. The number of hydrogen-bond acceptors (Lipinski definition) is 14. The van der Waals surface area contributed by atoms with Gasteiger partial charge in [0.05, 0.1) is 0 Å². The molecule has 2 fully saturated rings. The fourth-order valence-corrected chi connectivity index (χ4v) is 9.12. The van der Waals surface area contributed by atoms with Crippen LogP contribution in [0.5, 0.6) is 11.5 Å². The van der Waals surface area contributed by atoms with E-state index in [9.17, 15) is 58.5 Å². The van der Waals surface area contributed by atoms with Crippen molar-refractivity contribution in [3.8, 4) is 11.5 Å². The van der Waals surface area contributed by atoms with Crippen molar-refractivity contribution in [1.29, 1.82) is 0 Å². The highest BCUT2D eigenvalue weighted by Crippen LogP contribution is 2.28. The standard InChI is InChI=1S/C53H77N9O14/c1-10-28(5)43-53(75)76-30(7)44(60-46(68)36(20-22-41(54)66)56-47(69)38(24-27(3)4)55-31(8)63)50(72)58-39(25-32-12-16-34(64)17-13-32)48(70)57-37-21-23-42(67)62(51(37)73)45(29(6)11-2)52(74)61(9)40(49(71)59-43)26-33-14-18-35(65)19-15-33/h12-19,27-30,36-40,42-45,64-65,67H,10-11,20-26H2,1-9H3,(H2,54,66)(H,55,63)(H,56,69)(H,57,70)(H,58,72)(H,59,71)(H,60,68)/t28-,29+,30+,36-,37-,38+,39+,40-,42+,43-,44+,45+/m0/s1. The summed E-state index contributed by atoms with van der Waals surface area (Å²) in [6.45, 7) is 12.9. The Morgan fingerprint density at radius 1 is 0.750 bits per heavy atom. The molecule has 2 bridgehead atoms. The summed E-state index contributed by atoms with van der Waals surface area (Å²) in [4.78, 5) is 143. The number of esters is 1. The summed E-state index contributed by atoms with van der Waals surface area (Å²) < 4.78 is 5.97. The van der Waals surface area contributed by atoms with Crippen molar-refractivity contribution >= 4 is 59.1 Å². The Bertz CT molecular complexity index is 2400. The van der Waals surface area contributed by atoms with Gasteiger partial charge in [0.1, 0.15) is 72.2 Å². The number of ether oxygens (including phenoxy) is 1. The third kappa shape index (κ3) is 16.9. The number of phenolic OH excluding ortho intramolecular Hbond substituents is 2. The van der Waals surface area contributed by atoms with Gasteiger partial charge in [0.2, 0.25) is 53.2 Å². The molecular weight excluding hydrogens is 987 g/mol. The quantitative estimate of drug-likeness (QED) is 0.0899. The van der Waals surface area contributed by atoms with Gasteiger partial charge in [0.15, 0.2) is 0 Å². The number of fused-ring (bicyclic) bond motifs is 2. The summed E-state index contributed by atoms with van der Waals surface area (Å²) in [6, 6.07) is -0.276. The van der Waals surface area contributed by atoms with Gasteiger partial charge >= 0.3 is 5.97 Å². The number of amides is 9. The maximum absolute atomic E-state index is 15.0. The van der Waals surface area contributed by atoms with Gasteiger partial charge in [0, 0.05) is 33.2 Å². The Balaban J connectivity index is 1.92. The first-order chi connectivity index (χ1) is 35.8. The van der Waals surface area contributed by atoms with Crippen molar-refractivity contribution in [3.05, 3.63) is 59.7 Å². The number of carbonyl (C=O) groups excluding carboxylic acids is 10. The lowest BCUT2D eigenvalue weighted by Crippen LogP contribution is -2.66. The molecule has 418 valence electrons. The lowest BCUT2D eigenvalue weighted by molar-refractivity contribution is -0.168. The average molecular weight is 1060 g/mol. The number of phenols is 2. The number of likely N-dealkylation sites (N-methyl/N-ethyl adjacent to an activating group) is 1. The molecule has 2 aliphatic rings. The van der Waals surface area contributed by atoms with Crippen LogP contribution in [0.1, 0.15) is 111 Å². The largest absolute Gasteiger partial charge is 0.508 e. The molecule has 2 aliphatic heterocycles. The highest BCUT2D eigenvalue weighted by atomic mass is 16.5. The van der Waals surface area contributed by atoms with Crippen molar-refractivity contribution in [2.75, 3.05) is 7.05 Å². The van der Waals surface area contributed by atoms with Crippen LogP contribution in [0.15, 0.2) is 48.5 Å². The Morgan fingerprint density at radius 3 is 1.87 bits per heavy atom. The molecule has 9 amide bonds. The van der Waals surface area contributed by atoms with Crippen molar-refractivity contribution in [2.45, 2.75) is 174 Å². The van der Waals surface area contributed by atoms with Gasteiger partial charge in [-0.3, -0.25) is 43.2 Å². The number of aromatic hydroxyl groups is 2. The molecule has 2 aromatic carbocycles. The van der Waals surface area contributed by atoms with Crippen LogP contribution in [0, 0.1) is 17.8 Å². The zero-order valence-corrected chi connectivity index (χ0v) is 44.8. The normalized spacial score (nSPS) is 24.7. The van der Waals surface area contributed by atoms with Crippen molar-refractivity contribution in [1.82, 2.24) is 41.7 Å². The lowest BCUT2D eigenvalue weighted by Gasteiger charge is -2.44. The molecule has 0 aromatic heterocycles. The van der Waals surface area contributed by atoms with E-state index in [1.54, 1.807) is 53.7 Å². The van der Waals surface area contributed by atoms with Gasteiger partial charge in [0.25, 0.3) is 0 Å². The fourth-order valence-electron chi connectivity index (χ4n) is 9.12. The van der Waals surface area contributed by atoms with Gasteiger partial charge in [-0.15, -0.1) is 0 Å². The molecule has 4 rings (SSSR count). The van der Waals surface area contributed by atoms with Gasteiger partial charge in [-0.25, -0.2) is 4.79 Å². The predicted molar refractivity (Wildman–Crippen MR) is 276 cm³/mol. The molecule has 12 atom stereocenters. The van der Waals surface area contributed by atoms with Crippen molar-refractivity contribution in [2.24, 2.45) is 23.5 Å². The smallest absolute Gasteiger partial charge is 0.329 e. The number of cyclic esters (lactones) is 1. The number of nitrogens with two attached hydrogens (primary N) is 1. The van der Waals surface area contributed by atoms with E-state index >= 15 is 4.79 Å². The summed E-state index contributed by atoms with van der Waals surface area (Å²) in [7, 11) is 1.35. The number of hydrogen-bond donors (Lipinski definition) is 10. The lowest BCUT2D eigenvalue weighted by atomic mass is 9.91. The number of carbonyl (C=O) groups is 10. The zero-order chi connectivity index (χ0) is 56.7. The van der Waals surface area contributed by atoms with Crippen LogP contribution in [0.25, 0.3) is 0 Å². The number of piperidine rings is 1. The maximum atomic E-state index is 15.0. The fraction of sp³-hybridized carbons (Fsp3) is 0.585. The third-order valence-corrected chi connectivity index (χ3v) is 14.0. The van der Waals surface area contributed by atoms with Gasteiger partial charge in [-0.2, -0.15) is 0 Å². The molecule has 0 unspecified atom stereocenters. The number of aliphatic hydroxyl groups is 1. The van der Waals surface area contributed by atoms with Gasteiger partial charge in [-0.05, 0) is 85.8 Å². The van der Waals surface area contributed by atoms with Gasteiger partial charge < -0.3 is 67.5 Å². The monoisotopic (exact) mass is 1060 g/mol. The first kappa shape index (κ1) is 61.2. The Morgan fingerprint density at radius 2 is 1.33 bits per heavy atom. The van der Waals surface area contributed by atoms with E-state index in [0.29, 0.717) is 17.5 Å². The van der Waals surface area contributed by atoms with E-state index in [1.807, 2.05) is 0 Å². The number of rotatable bonds is 18. The highest BCUT2D eigenvalue weighted by Gasteiger charge is 2.47. The molecule has 0 radical (unpaired) electrons. The summed E-state index contributed by atoms with van der Waals surface area (Å²) in [5, 5.41) is 47.4. The molecule has 11 N–H and O–H groups in total. The molecule has 23 heteroatoms. The van der Waals surface area contributed by atoms with Crippen molar-refractivity contribution in [3.63, 3.8) is 0 Å². The molecule has 0 aliphatic carbocycles. The van der Waals surface area contributed by atoms with Crippen LogP contribution in [0.2, 0.25) is 0 Å². The average Bonchev–Trinajstić information content (AvgIpc) is 3.36. The minimum Gasteiger partial charge on any atom is -0.508 e. The minimum atomic E-state index is -1.90. The topological polar surface area (TPSA) is 345 Å². The van der Waals surface area contributed by atoms with E-state index < -0.39 is 138 Å². The zero-order valence-electron chi connectivity index (χ0n) is 44.8. The Labute approximate surface area is 443 Å². The first-order valence-corrected chi connectivity index (χ1v) is 25.9. The molecule has 2 saturated heterocycles. The Hall–Kier alpha value is -7.30. The third-order valence-electron chi connectivity index (χ3n) is 14.0. The molecule has 23 nitrogen and oxygen atoms in total. The van der Waals surface area contributed by atoms with Crippen LogP contribution < -0.4 is 37.6 Å². The van der Waals surface area contributed by atoms with Crippen LogP contribution in [0.3, 0.4) is 0 Å². The first-order valence-electron chi connectivity index (χ1n) is 25.9. The van der Waals surface area contributed by atoms with E-state index in [1.165, 1.54) is 57.3 Å².